The van der Waals surface area contributed by atoms with Crippen LogP contribution in [0.1, 0.15) is 12.8 Å². The van der Waals surface area contributed by atoms with Crippen molar-refractivity contribution >= 4 is 0 Å². The Kier molecular flexibility index (Phi) is 5.81. The minimum absolute atomic E-state index is 0.00523. The van der Waals surface area contributed by atoms with Crippen LogP contribution < -0.4 is 11.5 Å². The first-order valence-corrected chi connectivity index (χ1v) is 6.73. The summed E-state index contributed by atoms with van der Waals surface area (Å²) in [7, 11) is 0. The molecule has 4 atom stereocenters. The van der Waals surface area contributed by atoms with Crippen LogP contribution in [0.5, 0.6) is 0 Å². The van der Waals surface area contributed by atoms with Crippen LogP contribution in [0.4, 0.5) is 0 Å². The lowest BCUT2D eigenvalue weighted by atomic mass is 10.1. The number of fused-ring (bicyclic) bond motifs is 1. The molecule has 4 N–H and O–H groups in total. The van der Waals surface area contributed by atoms with Gasteiger partial charge in [0.2, 0.25) is 0 Å². The molecule has 0 saturated carbocycles. The molecule has 0 bridgehead atoms. The van der Waals surface area contributed by atoms with E-state index in [4.69, 9.17) is 30.4 Å². The average Bonchev–Trinajstić information content (AvgIpc) is 2.94. The van der Waals surface area contributed by atoms with E-state index in [1.165, 1.54) is 0 Å². The van der Waals surface area contributed by atoms with Crippen molar-refractivity contribution in [2.45, 2.75) is 37.3 Å². The summed E-state index contributed by atoms with van der Waals surface area (Å²) in [4.78, 5) is 0. The highest BCUT2D eigenvalue weighted by Crippen LogP contribution is 2.30. The van der Waals surface area contributed by atoms with E-state index < -0.39 is 0 Å². The van der Waals surface area contributed by atoms with E-state index in [9.17, 15) is 0 Å². The molecule has 4 unspecified atom stereocenters. The summed E-state index contributed by atoms with van der Waals surface area (Å²) in [5, 5.41) is 0. The molecular formula is C12H24N2O4. The third kappa shape index (κ3) is 3.40. The molecule has 2 saturated heterocycles. The fourth-order valence-corrected chi connectivity index (χ4v) is 2.35. The topological polar surface area (TPSA) is 89.0 Å². The smallest absolute Gasteiger partial charge is 0.115 e. The van der Waals surface area contributed by atoms with Gasteiger partial charge in [-0.25, -0.2) is 0 Å². The highest BCUT2D eigenvalue weighted by atomic mass is 16.6. The van der Waals surface area contributed by atoms with Gasteiger partial charge in [0.15, 0.2) is 0 Å². The predicted octanol–water partition coefficient (Wildman–Crippen LogP) is -0.748. The van der Waals surface area contributed by atoms with Gasteiger partial charge in [-0.3, -0.25) is 0 Å². The summed E-state index contributed by atoms with van der Waals surface area (Å²) in [6, 6.07) is 0. The van der Waals surface area contributed by atoms with Gasteiger partial charge in [-0.15, -0.1) is 0 Å². The number of hydrogen-bond acceptors (Lipinski definition) is 6. The van der Waals surface area contributed by atoms with E-state index in [-0.39, 0.29) is 24.4 Å². The first kappa shape index (κ1) is 14.2. The molecular weight excluding hydrogens is 236 g/mol. The Bertz CT molecular complexity index is 218. The second kappa shape index (κ2) is 7.37. The van der Waals surface area contributed by atoms with Crippen molar-refractivity contribution in [2.75, 3.05) is 39.5 Å². The van der Waals surface area contributed by atoms with Crippen LogP contribution in [0.2, 0.25) is 0 Å². The second-order valence-electron chi connectivity index (χ2n) is 4.70. The molecule has 2 aliphatic rings. The van der Waals surface area contributed by atoms with E-state index in [0.717, 1.165) is 12.8 Å². The first-order valence-electron chi connectivity index (χ1n) is 6.73. The molecule has 0 spiro atoms. The molecule has 0 aromatic carbocycles. The van der Waals surface area contributed by atoms with Crippen molar-refractivity contribution in [2.24, 2.45) is 11.5 Å². The summed E-state index contributed by atoms with van der Waals surface area (Å²) in [5.74, 6) is 0. The van der Waals surface area contributed by atoms with Crippen molar-refractivity contribution in [3.05, 3.63) is 0 Å². The number of hydrogen-bond donors (Lipinski definition) is 2. The third-order valence-corrected chi connectivity index (χ3v) is 3.32. The van der Waals surface area contributed by atoms with Crippen LogP contribution in [-0.4, -0.2) is 63.9 Å². The van der Waals surface area contributed by atoms with Gasteiger partial charge in [-0.1, -0.05) is 0 Å². The van der Waals surface area contributed by atoms with Crippen LogP contribution in [-0.2, 0) is 18.9 Å². The molecule has 2 rings (SSSR count). The van der Waals surface area contributed by atoms with Crippen LogP contribution in [0.25, 0.3) is 0 Å². The molecule has 0 aliphatic carbocycles. The van der Waals surface area contributed by atoms with E-state index in [2.05, 4.69) is 0 Å². The molecule has 106 valence electrons. The predicted molar refractivity (Wildman–Crippen MR) is 66.3 cm³/mol. The Morgan fingerprint density at radius 2 is 1.28 bits per heavy atom. The number of ether oxygens (including phenoxy) is 4. The van der Waals surface area contributed by atoms with E-state index in [1.54, 1.807) is 0 Å². The molecule has 0 radical (unpaired) electrons. The molecule has 0 aromatic rings. The maximum atomic E-state index is 5.73. The van der Waals surface area contributed by atoms with Gasteiger partial charge in [0, 0.05) is 13.2 Å². The Labute approximate surface area is 108 Å². The maximum absolute atomic E-state index is 5.73. The third-order valence-electron chi connectivity index (χ3n) is 3.32. The molecule has 2 aliphatic heterocycles. The lowest BCUT2D eigenvalue weighted by molar-refractivity contribution is -0.0503. The summed E-state index contributed by atoms with van der Waals surface area (Å²) < 4.78 is 22.9. The van der Waals surface area contributed by atoms with Gasteiger partial charge in [0.1, 0.15) is 24.4 Å². The fourth-order valence-electron chi connectivity index (χ4n) is 2.35. The van der Waals surface area contributed by atoms with Crippen LogP contribution in [0, 0.1) is 0 Å². The number of rotatable bonds is 8. The Morgan fingerprint density at radius 3 is 1.67 bits per heavy atom. The minimum Gasteiger partial charge on any atom is -0.373 e. The Morgan fingerprint density at radius 1 is 0.833 bits per heavy atom. The van der Waals surface area contributed by atoms with Crippen LogP contribution >= 0.6 is 0 Å². The SMILES string of the molecule is NCCCOC1COC2C(OCCCN)COC12. The largest absolute Gasteiger partial charge is 0.373 e. The molecule has 2 heterocycles. The fraction of sp³-hybridized carbons (Fsp3) is 1.00. The van der Waals surface area contributed by atoms with Crippen molar-refractivity contribution in [3.63, 3.8) is 0 Å². The van der Waals surface area contributed by atoms with Crippen molar-refractivity contribution in [1.29, 1.82) is 0 Å². The van der Waals surface area contributed by atoms with Gasteiger partial charge < -0.3 is 30.4 Å². The second-order valence-corrected chi connectivity index (χ2v) is 4.70. The van der Waals surface area contributed by atoms with Crippen LogP contribution in [0.3, 0.4) is 0 Å². The van der Waals surface area contributed by atoms with Gasteiger partial charge >= 0.3 is 0 Å². The zero-order chi connectivity index (χ0) is 12.8. The molecule has 6 nitrogen and oxygen atoms in total. The monoisotopic (exact) mass is 260 g/mol. The Hall–Kier alpha value is -0.240. The Balaban J connectivity index is 1.72. The molecule has 0 amide bonds. The van der Waals surface area contributed by atoms with Gasteiger partial charge in [0.25, 0.3) is 0 Å². The zero-order valence-corrected chi connectivity index (χ0v) is 10.8. The minimum atomic E-state index is 0.00523. The van der Waals surface area contributed by atoms with E-state index in [1.807, 2.05) is 0 Å². The lowest BCUT2D eigenvalue weighted by Crippen LogP contribution is -2.34. The lowest BCUT2D eigenvalue weighted by Gasteiger charge is -2.17. The maximum Gasteiger partial charge on any atom is 0.115 e. The molecule has 0 aromatic heterocycles. The highest BCUT2D eigenvalue weighted by molar-refractivity contribution is 4.95. The zero-order valence-electron chi connectivity index (χ0n) is 10.8. The van der Waals surface area contributed by atoms with Crippen molar-refractivity contribution in [1.82, 2.24) is 0 Å². The molecule has 6 heteroatoms. The average molecular weight is 260 g/mol. The standard InChI is InChI=1S/C12H24N2O4/c13-3-1-5-15-9-7-17-12-10(8-18-11(9)12)16-6-2-4-14/h9-12H,1-8,13-14H2. The van der Waals surface area contributed by atoms with Crippen LogP contribution in [0.15, 0.2) is 0 Å². The normalized spacial score (nSPS) is 35.0. The quantitative estimate of drug-likeness (QED) is 0.558. The van der Waals surface area contributed by atoms with Gasteiger partial charge in [0.05, 0.1) is 13.2 Å². The summed E-state index contributed by atoms with van der Waals surface area (Å²) in [5.41, 5.74) is 10.9. The summed E-state index contributed by atoms with van der Waals surface area (Å²) in [6.45, 7) is 3.78. The summed E-state index contributed by atoms with van der Waals surface area (Å²) >= 11 is 0. The first-order chi connectivity index (χ1) is 8.86. The highest BCUT2D eigenvalue weighted by Gasteiger charge is 2.48. The molecule has 2 fully saturated rings. The number of nitrogens with two attached hydrogens (primary N) is 2. The van der Waals surface area contributed by atoms with E-state index >= 15 is 0 Å². The van der Waals surface area contributed by atoms with E-state index in [0.29, 0.717) is 39.5 Å². The van der Waals surface area contributed by atoms with Crippen molar-refractivity contribution in [3.8, 4) is 0 Å². The van der Waals surface area contributed by atoms with Gasteiger partial charge in [-0.2, -0.15) is 0 Å². The molecule has 18 heavy (non-hydrogen) atoms. The van der Waals surface area contributed by atoms with Gasteiger partial charge in [-0.05, 0) is 25.9 Å². The van der Waals surface area contributed by atoms with Crippen molar-refractivity contribution < 1.29 is 18.9 Å². The summed E-state index contributed by atoms with van der Waals surface area (Å²) in [6.07, 6.45) is 1.78.